The van der Waals surface area contributed by atoms with Gasteiger partial charge in [-0.05, 0) is 0 Å². The van der Waals surface area contributed by atoms with Crippen molar-refractivity contribution in [2.75, 3.05) is 6.61 Å². The number of rotatable bonds is 5. The molecule has 0 aromatic heterocycles. The predicted octanol–water partition coefficient (Wildman–Crippen LogP) is -11.6. The summed E-state index contributed by atoms with van der Waals surface area (Å²) < 4.78 is 8.66. The van der Waals surface area contributed by atoms with E-state index < -0.39 is 38.8 Å². The van der Waals surface area contributed by atoms with Crippen LogP contribution in [0.2, 0.25) is 0 Å². The molecule has 0 fully saturated rings. The maximum absolute atomic E-state index is 9.90. The molecule has 13 heteroatoms. The van der Waals surface area contributed by atoms with Gasteiger partial charge in [-0.15, -0.1) is 0 Å². The first kappa shape index (κ1) is 29.8. The Labute approximate surface area is 193 Å². The first-order chi connectivity index (χ1) is 7.54. The third-order valence-corrected chi connectivity index (χ3v) is 1.42. The van der Waals surface area contributed by atoms with Gasteiger partial charge in [-0.2, -0.15) is 0 Å². The zero-order chi connectivity index (χ0) is 14.2. The quantitative estimate of drug-likeness (QED) is 0.156. The fourth-order valence-electron chi connectivity index (χ4n) is 0.618. The van der Waals surface area contributed by atoms with Gasteiger partial charge in [0.25, 0.3) is 0 Å². The van der Waals surface area contributed by atoms with Crippen molar-refractivity contribution in [3.05, 3.63) is 0 Å². The monoisotopic (exact) mass is 354 g/mol. The smallest absolute Gasteiger partial charge is 0.790 e. The summed E-state index contributed by atoms with van der Waals surface area (Å²) >= 11 is 0. The molecule has 0 spiro atoms. The van der Waals surface area contributed by atoms with Crippen LogP contribution >= 0.6 is 7.82 Å². The largest absolute Gasteiger partial charge is 1.00 e. The number of aliphatic hydroxyl groups excluding tert-OH is 5. The number of aldehydes is 1. The van der Waals surface area contributed by atoms with Crippen molar-refractivity contribution in [1.82, 2.24) is 0 Å². The van der Waals surface area contributed by atoms with Crippen LogP contribution in [0, 0.1) is 0 Å². The Hall–Kier alpha value is 2.85. The molecule has 0 saturated carbocycles. The number of phosphoric acid groups is 1. The molecule has 0 radical (unpaired) electrons. The molecule has 0 bridgehead atoms. The normalized spacial score (nSPS) is 16.4. The summed E-state index contributed by atoms with van der Waals surface area (Å²) in [4.78, 5) is 34.2. The minimum Gasteiger partial charge on any atom is -0.790 e. The summed E-state index contributed by atoms with van der Waals surface area (Å²) in [6.07, 6.45) is -6.84. The Morgan fingerprint density at radius 3 is 1.58 bits per heavy atom. The summed E-state index contributed by atoms with van der Waals surface area (Å²) in [7, 11) is -5.14. The van der Waals surface area contributed by atoms with Crippen molar-refractivity contribution in [3.8, 4) is 0 Å². The zero-order valence-corrected chi connectivity index (χ0v) is 17.5. The Kier molecular flexibility index (Phi) is 24.7. The molecule has 0 rings (SSSR count). The Morgan fingerprint density at radius 1 is 1.05 bits per heavy atom. The Balaban J connectivity index is -0.000000139. The van der Waals surface area contributed by atoms with Crippen molar-refractivity contribution in [1.29, 1.82) is 0 Å². The van der Waals surface area contributed by atoms with Crippen LogP contribution in [0.15, 0.2) is 0 Å². The van der Waals surface area contributed by atoms with Crippen LogP contribution in [0.3, 0.4) is 0 Å². The molecule has 0 saturated heterocycles. The number of carbonyl (C=O) groups excluding carboxylic acids is 1. The van der Waals surface area contributed by atoms with Crippen molar-refractivity contribution < 1.29 is 152 Å². The van der Waals surface area contributed by atoms with Crippen LogP contribution < -0.4 is 113 Å². The van der Waals surface area contributed by atoms with E-state index in [4.69, 9.17) is 44.8 Å². The average Bonchev–Trinajstić information content (AvgIpc) is 2.22. The van der Waals surface area contributed by atoms with Gasteiger partial charge in [0.05, 0.1) is 14.4 Å². The topological polar surface area (TPSA) is 202 Å². The molecule has 19 heavy (non-hydrogen) atoms. The van der Waals surface area contributed by atoms with Gasteiger partial charge in [0.2, 0.25) is 0 Å². The summed E-state index contributed by atoms with van der Waals surface area (Å²) in [6, 6.07) is 0. The van der Waals surface area contributed by atoms with Crippen molar-refractivity contribution >= 4 is 14.1 Å². The van der Waals surface area contributed by atoms with Crippen molar-refractivity contribution in [2.45, 2.75) is 24.4 Å². The fourth-order valence-corrected chi connectivity index (χ4v) is 0.618. The van der Waals surface area contributed by atoms with E-state index in [1.165, 1.54) is 0 Å². The second-order valence-corrected chi connectivity index (χ2v) is 3.76. The molecule has 0 aromatic rings. The number of hydrogen-bond donors (Lipinski definition) is 6. The first-order valence-corrected chi connectivity index (χ1v) is 5.57. The molecule has 0 aliphatic rings. The average molecular weight is 354 g/mol. The van der Waals surface area contributed by atoms with Gasteiger partial charge in [0.1, 0.15) is 24.4 Å². The van der Waals surface area contributed by atoms with Gasteiger partial charge in [0, 0.05) is 0 Å². The molecule has 6 N–H and O–H groups in total. The third kappa shape index (κ3) is 20.9. The molecule has 0 heterocycles. The zero-order valence-electron chi connectivity index (χ0n) is 10.4. The van der Waals surface area contributed by atoms with Gasteiger partial charge in [0.15, 0.2) is 6.29 Å². The van der Waals surface area contributed by atoms with Gasteiger partial charge in [-0.25, -0.2) is 0 Å². The Bertz CT molecular complexity index is 252. The van der Waals surface area contributed by atoms with E-state index in [1.807, 2.05) is 0 Å². The SMILES string of the molecule is O=CC(O)C(O)C(O)C(O)CO.O=P([O-])([O-])O.[K+].[K+]. The molecular formula is C6H13K2O10P. The molecular weight excluding hydrogens is 341 g/mol. The maximum atomic E-state index is 9.90. The molecule has 0 aliphatic heterocycles. The van der Waals surface area contributed by atoms with Crippen LogP contribution in [0.4, 0.5) is 0 Å². The second kappa shape index (κ2) is 15.7. The summed E-state index contributed by atoms with van der Waals surface area (Å²) in [6.45, 7) is -0.760. The minimum absolute atomic E-state index is 0. The summed E-state index contributed by atoms with van der Waals surface area (Å²) in [5.74, 6) is 0. The van der Waals surface area contributed by atoms with E-state index >= 15 is 0 Å². The molecule has 0 aliphatic carbocycles. The van der Waals surface area contributed by atoms with Crippen molar-refractivity contribution in [3.63, 3.8) is 0 Å². The summed E-state index contributed by atoms with van der Waals surface area (Å²) in [5, 5.41) is 43.5. The van der Waals surface area contributed by atoms with Crippen molar-refractivity contribution in [2.24, 2.45) is 0 Å². The molecule has 4 atom stereocenters. The molecule has 10 nitrogen and oxygen atoms in total. The summed E-state index contributed by atoms with van der Waals surface area (Å²) in [5.41, 5.74) is 0. The van der Waals surface area contributed by atoms with Gasteiger partial charge in [-0.3, -0.25) is 0 Å². The van der Waals surface area contributed by atoms with E-state index in [-0.39, 0.29) is 109 Å². The van der Waals surface area contributed by atoms with E-state index in [0.717, 1.165) is 0 Å². The van der Waals surface area contributed by atoms with E-state index in [2.05, 4.69) is 0 Å². The van der Waals surface area contributed by atoms with Gasteiger partial charge in [-0.1, -0.05) is 0 Å². The van der Waals surface area contributed by atoms with Crippen LogP contribution in [-0.2, 0) is 9.36 Å². The molecule has 104 valence electrons. The number of aliphatic hydroxyl groups is 5. The van der Waals surface area contributed by atoms with Crippen LogP contribution in [0.1, 0.15) is 0 Å². The maximum Gasteiger partial charge on any atom is 1.00 e. The molecule has 0 aromatic carbocycles. The standard InChI is InChI=1S/C6H12O6.2K.H3O4P/c7-1-3(9)5(11)6(12)4(10)2-8;;;1-5(2,3)4/h1,3-6,8-12H,2H2;;;(H3,1,2,3,4)/q;2*+1;/p-2. The molecule has 4 unspecified atom stereocenters. The van der Waals surface area contributed by atoms with E-state index in [1.54, 1.807) is 0 Å². The van der Waals surface area contributed by atoms with Crippen LogP contribution in [0.5, 0.6) is 0 Å². The van der Waals surface area contributed by atoms with Crippen LogP contribution in [-0.4, -0.2) is 67.7 Å². The number of carbonyl (C=O) groups is 1. The van der Waals surface area contributed by atoms with Crippen LogP contribution in [0.25, 0.3) is 0 Å². The third-order valence-electron chi connectivity index (χ3n) is 1.42. The van der Waals surface area contributed by atoms with Gasteiger partial charge < -0.3 is 49.6 Å². The first-order valence-electron chi connectivity index (χ1n) is 4.07. The predicted molar refractivity (Wildman–Crippen MR) is 47.0 cm³/mol. The number of hydrogen-bond acceptors (Lipinski definition) is 9. The fraction of sp³-hybridized carbons (Fsp3) is 0.833. The van der Waals surface area contributed by atoms with E-state index in [0.29, 0.717) is 0 Å². The van der Waals surface area contributed by atoms with Gasteiger partial charge >= 0.3 is 103 Å². The minimum atomic E-state index is -5.14. The Morgan fingerprint density at radius 2 is 1.37 bits per heavy atom. The van der Waals surface area contributed by atoms with E-state index in [9.17, 15) is 4.79 Å². The molecule has 0 amide bonds. The second-order valence-electron chi connectivity index (χ2n) is 2.83.